The standard InChI is InChI=1S/2C11H12N4O2/c2*1-3-17-10(16)9-6-8(2)13-11(14-9)15-5-4-12-7-15/h2*4-7H,3H2,1-2H3/i2*4D,5D,7D. The number of nitrogens with zero attached hydrogens (tertiary/aromatic N) is 8. The molecule has 0 atom stereocenters. The third-order valence-corrected chi connectivity index (χ3v) is 3.79. The Morgan fingerprint density at radius 1 is 0.794 bits per heavy atom. The molecule has 0 amide bonds. The predicted molar refractivity (Wildman–Crippen MR) is 120 cm³/mol. The third kappa shape index (κ3) is 6.28. The van der Waals surface area contributed by atoms with Crippen LogP contribution in [-0.4, -0.2) is 64.2 Å². The number of carbonyl (C=O) groups excluding carboxylic acids is 2. The topological polar surface area (TPSA) is 140 Å². The molecule has 0 spiro atoms. The molecule has 0 N–H and O–H groups in total. The van der Waals surface area contributed by atoms with Crippen LogP contribution >= 0.6 is 0 Å². The molecule has 0 aliphatic carbocycles. The van der Waals surface area contributed by atoms with Crippen molar-refractivity contribution in [2.75, 3.05) is 13.2 Å². The second-order valence-electron chi connectivity index (χ2n) is 6.37. The lowest BCUT2D eigenvalue weighted by atomic mass is 10.3. The maximum absolute atomic E-state index is 11.7. The highest BCUT2D eigenvalue weighted by Gasteiger charge is 2.13. The van der Waals surface area contributed by atoms with Gasteiger partial charge in [0, 0.05) is 36.1 Å². The van der Waals surface area contributed by atoms with Gasteiger partial charge in [-0.15, -0.1) is 0 Å². The first-order valence-corrected chi connectivity index (χ1v) is 9.99. The van der Waals surface area contributed by atoms with Crippen LogP contribution in [0.2, 0.25) is 0 Å². The number of rotatable bonds is 6. The van der Waals surface area contributed by atoms with E-state index >= 15 is 0 Å². The van der Waals surface area contributed by atoms with E-state index < -0.39 is 11.9 Å². The Morgan fingerprint density at radius 3 is 1.53 bits per heavy atom. The van der Waals surface area contributed by atoms with E-state index in [4.69, 9.17) is 17.7 Å². The van der Waals surface area contributed by atoms with Crippen LogP contribution in [0.1, 0.15) is 54.4 Å². The number of imidazole rings is 2. The highest BCUT2D eigenvalue weighted by atomic mass is 16.5. The van der Waals surface area contributed by atoms with Crippen LogP contribution in [0.3, 0.4) is 0 Å². The largest absolute Gasteiger partial charge is 0.461 e. The number of aromatic nitrogens is 8. The zero-order chi connectivity index (χ0) is 29.7. The van der Waals surface area contributed by atoms with Crippen LogP contribution < -0.4 is 0 Å². The lowest BCUT2D eigenvalue weighted by Crippen LogP contribution is -2.11. The summed E-state index contributed by atoms with van der Waals surface area (Å²) < 4.78 is 57.1. The van der Waals surface area contributed by atoms with E-state index in [9.17, 15) is 9.59 Å². The second-order valence-corrected chi connectivity index (χ2v) is 6.37. The van der Waals surface area contributed by atoms with Gasteiger partial charge in [-0.3, -0.25) is 9.13 Å². The number of hydrogen-bond acceptors (Lipinski definition) is 10. The molecule has 12 nitrogen and oxygen atoms in total. The molecule has 176 valence electrons. The molecule has 12 heteroatoms. The average Bonchev–Trinajstić information content (AvgIpc) is 3.29. The minimum absolute atomic E-state index is 0.0355. The summed E-state index contributed by atoms with van der Waals surface area (Å²) in [5, 5.41) is 0. The Hall–Kier alpha value is -4.48. The van der Waals surface area contributed by atoms with Gasteiger partial charge in [-0.05, 0) is 39.8 Å². The van der Waals surface area contributed by atoms with E-state index in [2.05, 4.69) is 29.9 Å². The van der Waals surface area contributed by atoms with Crippen LogP contribution in [0.15, 0.2) is 49.4 Å². The van der Waals surface area contributed by atoms with Gasteiger partial charge in [0.2, 0.25) is 11.9 Å². The van der Waals surface area contributed by atoms with E-state index in [1.165, 1.54) is 12.1 Å². The first-order chi connectivity index (χ1) is 18.9. The van der Waals surface area contributed by atoms with Gasteiger partial charge in [0.05, 0.1) is 18.7 Å². The van der Waals surface area contributed by atoms with Crippen molar-refractivity contribution in [3.63, 3.8) is 0 Å². The smallest absolute Gasteiger partial charge is 0.357 e. The molecule has 0 saturated carbocycles. The van der Waals surface area contributed by atoms with Crippen molar-refractivity contribution in [3.05, 3.63) is 72.2 Å². The summed E-state index contributed by atoms with van der Waals surface area (Å²) in [6.45, 7) is 7.09. The summed E-state index contributed by atoms with van der Waals surface area (Å²) in [7, 11) is 0. The van der Waals surface area contributed by atoms with Gasteiger partial charge in [-0.1, -0.05) is 0 Å². The number of hydrogen-bond donors (Lipinski definition) is 0. The van der Waals surface area contributed by atoms with Gasteiger partial charge in [0.15, 0.2) is 11.4 Å². The average molecular weight is 471 g/mol. The van der Waals surface area contributed by atoms with E-state index in [-0.39, 0.29) is 73.8 Å². The van der Waals surface area contributed by atoms with Crippen molar-refractivity contribution in [1.82, 2.24) is 39.0 Å². The minimum atomic E-state index is -0.608. The Balaban J connectivity index is 0.000000220. The molecule has 0 aromatic carbocycles. The molecule has 0 fully saturated rings. The molecule has 0 aliphatic heterocycles. The van der Waals surface area contributed by atoms with Crippen molar-refractivity contribution in [2.45, 2.75) is 27.7 Å². The zero-order valence-corrected chi connectivity index (χ0v) is 18.8. The van der Waals surface area contributed by atoms with Gasteiger partial charge in [0.25, 0.3) is 0 Å². The molecule has 0 bridgehead atoms. The number of ether oxygens (including phenoxy) is 2. The normalized spacial score (nSPS) is 12.7. The monoisotopic (exact) mass is 470 g/mol. The van der Waals surface area contributed by atoms with Crippen LogP contribution in [0.5, 0.6) is 0 Å². The van der Waals surface area contributed by atoms with Gasteiger partial charge >= 0.3 is 11.9 Å². The lowest BCUT2D eigenvalue weighted by molar-refractivity contribution is 0.0509. The van der Waals surface area contributed by atoms with Crippen molar-refractivity contribution < 1.29 is 27.3 Å². The fourth-order valence-electron chi connectivity index (χ4n) is 2.46. The summed E-state index contributed by atoms with van der Waals surface area (Å²) in [5.74, 6) is -1.31. The van der Waals surface area contributed by atoms with E-state index in [1.54, 1.807) is 27.7 Å². The molecule has 0 unspecified atom stereocenters. The maximum atomic E-state index is 11.7. The summed E-state index contributed by atoms with van der Waals surface area (Å²) in [4.78, 5) is 46.5. The summed E-state index contributed by atoms with van der Waals surface area (Å²) >= 11 is 0. The van der Waals surface area contributed by atoms with Gasteiger partial charge in [-0.25, -0.2) is 39.5 Å². The number of carbonyl (C=O) groups is 2. The SMILES string of the molecule is [2H]c1nc([2H])n(-c2nc(C)cc(C(=O)OCC)n2)c1[2H].[2H]c1nc([2H])n(-c2nc(C)cc(C(=O)OCC)n2)c1[2H]. The van der Waals surface area contributed by atoms with Crippen molar-refractivity contribution in [1.29, 1.82) is 0 Å². The summed E-state index contributed by atoms with van der Waals surface area (Å²) in [6.07, 6.45) is -1.98. The number of aryl methyl sites for hydroxylation is 2. The quantitative estimate of drug-likeness (QED) is 0.385. The Morgan fingerprint density at radius 2 is 1.21 bits per heavy atom. The second kappa shape index (κ2) is 11.4. The predicted octanol–water partition coefficient (Wildman–Crippen LogP) is 2.29. The molecule has 34 heavy (non-hydrogen) atoms. The Bertz CT molecular complexity index is 1460. The van der Waals surface area contributed by atoms with Crippen molar-refractivity contribution in [3.8, 4) is 11.9 Å². The first-order valence-electron chi connectivity index (χ1n) is 13.0. The minimum Gasteiger partial charge on any atom is -0.461 e. The van der Waals surface area contributed by atoms with Crippen LogP contribution in [0, 0.1) is 13.8 Å². The lowest BCUT2D eigenvalue weighted by Gasteiger charge is -2.05. The molecule has 0 radical (unpaired) electrons. The molecule has 4 aromatic heterocycles. The molecule has 4 aromatic rings. The van der Waals surface area contributed by atoms with Crippen molar-refractivity contribution in [2.24, 2.45) is 0 Å². The molecule has 4 heterocycles. The van der Waals surface area contributed by atoms with Gasteiger partial charge < -0.3 is 9.47 Å². The van der Waals surface area contributed by atoms with Crippen LogP contribution in [0.25, 0.3) is 11.9 Å². The van der Waals surface area contributed by atoms with Crippen LogP contribution in [-0.2, 0) is 9.47 Å². The molecular weight excluding hydrogens is 440 g/mol. The van der Waals surface area contributed by atoms with Gasteiger partial charge in [-0.2, -0.15) is 0 Å². The molecule has 0 aliphatic rings. The molecule has 4 rings (SSSR count). The van der Waals surface area contributed by atoms with E-state index in [0.29, 0.717) is 11.4 Å². The zero-order valence-electron chi connectivity index (χ0n) is 24.8. The van der Waals surface area contributed by atoms with Gasteiger partial charge in [0.1, 0.15) is 15.3 Å². The Labute approximate surface area is 204 Å². The molecule has 0 saturated heterocycles. The summed E-state index contributed by atoms with van der Waals surface area (Å²) in [5.41, 5.74) is 1.04. The van der Waals surface area contributed by atoms with E-state index in [1.807, 2.05) is 0 Å². The summed E-state index contributed by atoms with van der Waals surface area (Å²) in [6, 6.07) is 2.90. The van der Waals surface area contributed by atoms with E-state index in [0.717, 1.165) is 9.13 Å². The van der Waals surface area contributed by atoms with Crippen molar-refractivity contribution >= 4 is 11.9 Å². The highest BCUT2D eigenvalue weighted by molar-refractivity contribution is 5.87. The fraction of sp³-hybridized carbons (Fsp3) is 0.273. The highest BCUT2D eigenvalue weighted by Crippen LogP contribution is 2.07. The third-order valence-electron chi connectivity index (χ3n) is 3.79. The number of esters is 2. The maximum Gasteiger partial charge on any atom is 0.357 e. The molecular formula is C22H24N8O4. The first kappa shape index (κ1) is 17.1. The van der Waals surface area contributed by atoms with Crippen LogP contribution in [0.4, 0.5) is 0 Å². The Kier molecular flexibility index (Phi) is 5.72. The fourth-order valence-corrected chi connectivity index (χ4v) is 2.46.